The van der Waals surface area contributed by atoms with E-state index in [9.17, 15) is 4.79 Å². The molecule has 9 heteroatoms. The molecule has 0 aliphatic carbocycles. The van der Waals surface area contributed by atoms with Gasteiger partial charge in [0.1, 0.15) is 4.88 Å². The molecule has 1 amide bonds. The van der Waals surface area contributed by atoms with Crippen molar-refractivity contribution in [2.45, 2.75) is 6.92 Å². The molecule has 0 spiro atoms. The number of halogens is 1. The van der Waals surface area contributed by atoms with E-state index >= 15 is 0 Å². The van der Waals surface area contributed by atoms with E-state index in [1.54, 1.807) is 17.9 Å². The van der Waals surface area contributed by atoms with Crippen LogP contribution < -0.4 is 4.90 Å². The summed E-state index contributed by atoms with van der Waals surface area (Å²) in [4.78, 5) is 21.8. The molecule has 0 radical (unpaired) electrons. The van der Waals surface area contributed by atoms with Crippen molar-refractivity contribution in [2.24, 2.45) is 0 Å². The smallest absolute Gasteiger partial charge is 0.273 e. The normalized spacial score (nSPS) is 11.4. The van der Waals surface area contributed by atoms with E-state index in [4.69, 9.17) is 11.6 Å². The first-order chi connectivity index (χ1) is 11.5. The first kappa shape index (κ1) is 17.2. The predicted octanol–water partition coefficient (Wildman–Crippen LogP) is 3.32. The van der Waals surface area contributed by atoms with E-state index in [0.29, 0.717) is 27.3 Å². The molecule has 0 aliphatic heterocycles. The van der Waals surface area contributed by atoms with Crippen LogP contribution in [0.15, 0.2) is 18.2 Å². The summed E-state index contributed by atoms with van der Waals surface area (Å²) in [5.74, 6) is -0.116. The molecular formula is C15H16ClN5OS2. The fraction of sp³-hybridized carbons (Fsp3) is 0.333. The number of carbonyl (C=O) groups is 1. The molecule has 2 aromatic heterocycles. The van der Waals surface area contributed by atoms with Gasteiger partial charge in [0.15, 0.2) is 5.13 Å². The molecule has 0 saturated carbocycles. The Kier molecular flexibility index (Phi) is 5.09. The summed E-state index contributed by atoms with van der Waals surface area (Å²) in [5.41, 5.74) is 1.48. The first-order valence-electron chi connectivity index (χ1n) is 7.27. The number of thiazole rings is 1. The number of hydrogen-bond acceptors (Lipinski definition) is 7. The number of fused-ring (bicyclic) bond motifs is 1. The molecule has 0 aliphatic rings. The van der Waals surface area contributed by atoms with Gasteiger partial charge in [0.2, 0.25) is 0 Å². The van der Waals surface area contributed by atoms with Gasteiger partial charge in [0.25, 0.3) is 5.91 Å². The number of hydrogen-bond donors (Lipinski definition) is 0. The molecule has 24 heavy (non-hydrogen) atoms. The number of aryl methyl sites for hydroxylation is 1. The van der Waals surface area contributed by atoms with Crippen molar-refractivity contribution in [3.05, 3.63) is 33.8 Å². The summed E-state index contributed by atoms with van der Waals surface area (Å²) in [6.45, 7) is 3.06. The summed E-state index contributed by atoms with van der Waals surface area (Å²) in [7, 11) is 3.95. The Morgan fingerprint density at radius 3 is 2.75 bits per heavy atom. The van der Waals surface area contributed by atoms with Crippen LogP contribution in [0, 0.1) is 6.92 Å². The predicted molar refractivity (Wildman–Crippen MR) is 99.5 cm³/mol. The summed E-state index contributed by atoms with van der Waals surface area (Å²) < 4.78 is 4.83. The number of carbonyl (C=O) groups excluding carboxylic acids is 1. The second-order valence-corrected chi connectivity index (χ2v) is 7.76. The standard InChI is InChI=1S/C15H16ClN5OS2/c1-9-13(24-19-18-9)14(22)21(7-6-20(2)3)15-17-11-5-4-10(16)8-12(11)23-15/h4-5,8H,6-7H2,1-3H3. The van der Waals surface area contributed by atoms with Crippen LogP contribution in [0.3, 0.4) is 0 Å². The number of amides is 1. The molecule has 1 aromatic carbocycles. The number of aromatic nitrogens is 3. The Labute approximate surface area is 152 Å². The minimum absolute atomic E-state index is 0.116. The van der Waals surface area contributed by atoms with Gasteiger partial charge < -0.3 is 4.90 Å². The van der Waals surface area contributed by atoms with Gasteiger partial charge in [-0.05, 0) is 50.8 Å². The Bertz CT molecular complexity index is 876. The van der Waals surface area contributed by atoms with Gasteiger partial charge in [-0.1, -0.05) is 27.4 Å². The van der Waals surface area contributed by atoms with Gasteiger partial charge in [0.05, 0.1) is 15.9 Å². The third-order valence-electron chi connectivity index (χ3n) is 3.43. The van der Waals surface area contributed by atoms with E-state index < -0.39 is 0 Å². The molecule has 6 nitrogen and oxygen atoms in total. The van der Waals surface area contributed by atoms with E-state index in [-0.39, 0.29) is 5.91 Å². The summed E-state index contributed by atoms with van der Waals surface area (Å²) >= 11 is 8.62. The van der Waals surface area contributed by atoms with Crippen LogP contribution in [0.5, 0.6) is 0 Å². The number of benzene rings is 1. The molecule has 0 bridgehead atoms. The number of likely N-dealkylation sites (N-methyl/N-ethyl adjacent to an activating group) is 1. The van der Waals surface area contributed by atoms with Crippen molar-refractivity contribution in [3.63, 3.8) is 0 Å². The molecule has 2 heterocycles. The van der Waals surface area contributed by atoms with Gasteiger partial charge in [0, 0.05) is 18.1 Å². The summed E-state index contributed by atoms with van der Waals surface area (Å²) in [6.07, 6.45) is 0. The highest BCUT2D eigenvalue weighted by molar-refractivity contribution is 7.22. The third-order valence-corrected chi connectivity index (χ3v) is 5.52. The molecule has 0 fully saturated rings. The van der Waals surface area contributed by atoms with Gasteiger partial charge in [-0.25, -0.2) is 4.98 Å². The fourth-order valence-corrected chi connectivity index (χ4v) is 4.01. The van der Waals surface area contributed by atoms with Gasteiger partial charge in [-0.2, -0.15) is 0 Å². The zero-order valence-electron chi connectivity index (χ0n) is 13.5. The molecule has 126 valence electrons. The average molecular weight is 382 g/mol. The SMILES string of the molecule is Cc1nnsc1C(=O)N(CCN(C)C)c1nc2ccc(Cl)cc2s1. The van der Waals surface area contributed by atoms with E-state index in [2.05, 4.69) is 14.6 Å². The maximum absolute atomic E-state index is 13.0. The van der Waals surface area contributed by atoms with Gasteiger partial charge in [-0.3, -0.25) is 9.69 Å². The van der Waals surface area contributed by atoms with Crippen molar-refractivity contribution >= 4 is 55.7 Å². The number of rotatable bonds is 5. The number of nitrogens with zero attached hydrogens (tertiary/aromatic N) is 5. The Balaban J connectivity index is 1.99. The molecule has 0 unspecified atom stereocenters. The van der Waals surface area contributed by atoms with Crippen molar-refractivity contribution < 1.29 is 4.79 Å². The molecule has 3 rings (SSSR count). The maximum Gasteiger partial charge on any atom is 0.273 e. The Morgan fingerprint density at radius 2 is 2.08 bits per heavy atom. The van der Waals surface area contributed by atoms with Crippen LogP contribution in [0.25, 0.3) is 10.2 Å². The lowest BCUT2D eigenvalue weighted by atomic mass is 10.3. The van der Waals surface area contributed by atoms with Gasteiger partial charge in [-0.15, -0.1) is 5.10 Å². The highest BCUT2D eigenvalue weighted by atomic mass is 35.5. The van der Waals surface area contributed by atoms with Crippen molar-refractivity contribution in [1.29, 1.82) is 0 Å². The molecule has 0 atom stereocenters. The first-order valence-corrected chi connectivity index (χ1v) is 9.24. The summed E-state index contributed by atoms with van der Waals surface area (Å²) in [6, 6.07) is 5.54. The van der Waals surface area contributed by atoms with E-state index in [1.165, 1.54) is 11.3 Å². The maximum atomic E-state index is 13.0. The van der Waals surface area contributed by atoms with Crippen molar-refractivity contribution in [2.75, 3.05) is 32.1 Å². The third kappa shape index (κ3) is 3.56. The van der Waals surface area contributed by atoms with Crippen LogP contribution in [0.1, 0.15) is 15.4 Å². The fourth-order valence-electron chi connectivity index (χ4n) is 2.14. The zero-order valence-corrected chi connectivity index (χ0v) is 15.9. The topological polar surface area (TPSA) is 62.2 Å². The Morgan fingerprint density at radius 1 is 1.29 bits per heavy atom. The minimum atomic E-state index is -0.116. The molecule has 3 aromatic rings. The van der Waals surface area contributed by atoms with Gasteiger partial charge >= 0.3 is 0 Å². The number of anilines is 1. The minimum Gasteiger partial charge on any atom is -0.308 e. The lowest BCUT2D eigenvalue weighted by Gasteiger charge is -2.21. The molecule has 0 saturated heterocycles. The van der Waals surface area contributed by atoms with Crippen LogP contribution in [0.2, 0.25) is 5.02 Å². The molecular weight excluding hydrogens is 366 g/mol. The lowest BCUT2D eigenvalue weighted by molar-refractivity contribution is 0.0988. The lowest BCUT2D eigenvalue weighted by Crippen LogP contribution is -2.36. The van der Waals surface area contributed by atoms with E-state index in [0.717, 1.165) is 28.3 Å². The molecule has 0 N–H and O–H groups in total. The quantitative estimate of drug-likeness (QED) is 0.678. The van der Waals surface area contributed by atoms with E-state index in [1.807, 2.05) is 31.1 Å². The van der Waals surface area contributed by atoms with Crippen molar-refractivity contribution in [1.82, 2.24) is 19.5 Å². The second kappa shape index (κ2) is 7.10. The highest BCUT2D eigenvalue weighted by Crippen LogP contribution is 2.32. The monoisotopic (exact) mass is 381 g/mol. The Hall–Kier alpha value is -1.61. The van der Waals surface area contributed by atoms with Crippen LogP contribution in [-0.2, 0) is 0 Å². The zero-order chi connectivity index (χ0) is 17.3. The second-order valence-electron chi connectivity index (χ2n) is 5.56. The van der Waals surface area contributed by atoms with Crippen LogP contribution in [0.4, 0.5) is 5.13 Å². The highest BCUT2D eigenvalue weighted by Gasteiger charge is 2.24. The summed E-state index contributed by atoms with van der Waals surface area (Å²) in [5, 5.41) is 5.26. The average Bonchev–Trinajstić information content (AvgIpc) is 3.12. The van der Waals surface area contributed by atoms with Crippen LogP contribution in [-0.4, -0.2) is 52.6 Å². The van der Waals surface area contributed by atoms with Crippen molar-refractivity contribution in [3.8, 4) is 0 Å². The largest absolute Gasteiger partial charge is 0.308 e. The van der Waals surface area contributed by atoms with Crippen LogP contribution >= 0.6 is 34.5 Å².